The van der Waals surface area contributed by atoms with Crippen LogP contribution in [0.3, 0.4) is 0 Å². The smallest absolute Gasteiger partial charge is 0.185 e. The summed E-state index contributed by atoms with van der Waals surface area (Å²) in [6.45, 7) is 4.28. The van der Waals surface area contributed by atoms with Crippen molar-refractivity contribution in [3.8, 4) is 0 Å². The standard InChI is InChI=1S/C13H18N4O2S2/c1-3-6-21(18,19)11-12(14)17-20-13(11)16-8-10-4-5-15-7-9(10)2/h4-5,7,16H,3,6,8H2,1-2H3,(H2,14,17). The van der Waals surface area contributed by atoms with Crippen molar-refractivity contribution in [2.45, 2.75) is 31.7 Å². The number of nitrogen functional groups attached to an aromatic ring is 1. The quantitative estimate of drug-likeness (QED) is 0.844. The van der Waals surface area contributed by atoms with Crippen molar-refractivity contribution in [2.75, 3.05) is 16.8 Å². The predicted octanol–water partition coefficient (Wildman–Crippen LogP) is 2.22. The lowest BCUT2D eigenvalue weighted by Crippen LogP contribution is -2.11. The largest absolute Gasteiger partial charge is 0.382 e. The average molecular weight is 326 g/mol. The minimum absolute atomic E-state index is 0.0680. The van der Waals surface area contributed by atoms with Crippen LogP contribution in [0.15, 0.2) is 23.4 Å². The van der Waals surface area contributed by atoms with Gasteiger partial charge < -0.3 is 11.1 Å². The number of pyridine rings is 1. The Bertz CT molecular complexity index is 726. The highest BCUT2D eigenvalue weighted by Gasteiger charge is 2.24. The highest BCUT2D eigenvalue weighted by Crippen LogP contribution is 2.33. The molecular weight excluding hydrogens is 308 g/mol. The van der Waals surface area contributed by atoms with E-state index >= 15 is 0 Å². The van der Waals surface area contributed by atoms with Crippen LogP contribution in [-0.2, 0) is 16.4 Å². The second kappa shape index (κ2) is 6.40. The fraction of sp³-hybridized carbons (Fsp3) is 0.385. The summed E-state index contributed by atoms with van der Waals surface area (Å²) in [6.07, 6.45) is 4.02. The molecule has 3 N–H and O–H groups in total. The van der Waals surface area contributed by atoms with Crippen LogP contribution in [0.1, 0.15) is 24.5 Å². The number of anilines is 2. The minimum Gasteiger partial charge on any atom is -0.382 e. The number of nitrogens with two attached hydrogens (primary N) is 1. The molecule has 0 spiro atoms. The van der Waals surface area contributed by atoms with E-state index in [0.717, 1.165) is 22.7 Å². The van der Waals surface area contributed by atoms with Gasteiger partial charge in [-0.25, -0.2) is 8.42 Å². The molecule has 0 bridgehead atoms. The Morgan fingerprint density at radius 1 is 1.43 bits per heavy atom. The van der Waals surface area contributed by atoms with E-state index in [1.54, 1.807) is 12.4 Å². The molecule has 0 atom stereocenters. The molecule has 0 saturated carbocycles. The molecule has 0 aliphatic rings. The van der Waals surface area contributed by atoms with E-state index in [0.29, 0.717) is 18.0 Å². The molecule has 0 aliphatic heterocycles. The molecular formula is C13H18N4O2S2. The Labute approximate surface area is 128 Å². The van der Waals surface area contributed by atoms with E-state index < -0.39 is 9.84 Å². The van der Waals surface area contributed by atoms with Crippen LogP contribution >= 0.6 is 11.5 Å². The van der Waals surface area contributed by atoms with Gasteiger partial charge in [0.1, 0.15) is 9.90 Å². The Kier molecular flexibility index (Phi) is 4.79. The maximum Gasteiger partial charge on any atom is 0.185 e. The number of nitrogens with one attached hydrogen (secondary N) is 1. The number of hydrogen-bond acceptors (Lipinski definition) is 7. The minimum atomic E-state index is -3.39. The van der Waals surface area contributed by atoms with Crippen molar-refractivity contribution in [1.29, 1.82) is 0 Å². The number of aromatic nitrogens is 2. The van der Waals surface area contributed by atoms with Gasteiger partial charge in [0.25, 0.3) is 0 Å². The van der Waals surface area contributed by atoms with Crippen molar-refractivity contribution in [3.05, 3.63) is 29.6 Å². The van der Waals surface area contributed by atoms with Gasteiger partial charge in [-0.3, -0.25) is 4.98 Å². The van der Waals surface area contributed by atoms with Crippen LogP contribution in [0.25, 0.3) is 0 Å². The Hall–Kier alpha value is -1.67. The Balaban J connectivity index is 2.25. The molecule has 2 heterocycles. The van der Waals surface area contributed by atoms with E-state index in [4.69, 9.17) is 5.73 Å². The lowest BCUT2D eigenvalue weighted by molar-refractivity contribution is 0.595. The first-order valence-corrected chi connectivity index (χ1v) is 8.99. The van der Waals surface area contributed by atoms with Gasteiger partial charge >= 0.3 is 0 Å². The van der Waals surface area contributed by atoms with E-state index in [-0.39, 0.29) is 16.5 Å². The third kappa shape index (κ3) is 3.51. The van der Waals surface area contributed by atoms with E-state index in [1.807, 2.05) is 19.9 Å². The Morgan fingerprint density at radius 2 is 2.19 bits per heavy atom. The SMILES string of the molecule is CCCS(=O)(=O)c1c(N)nsc1NCc1ccncc1C. The van der Waals surface area contributed by atoms with Crippen molar-refractivity contribution in [2.24, 2.45) is 0 Å². The van der Waals surface area contributed by atoms with E-state index in [9.17, 15) is 8.42 Å². The number of nitrogens with zero attached hydrogens (tertiary/aromatic N) is 2. The van der Waals surface area contributed by atoms with Crippen LogP contribution in [-0.4, -0.2) is 23.5 Å². The summed E-state index contributed by atoms with van der Waals surface area (Å²) in [4.78, 5) is 4.16. The van der Waals surface area contributed by atoms with Gasteiger partial charge in [-0.1, -0.05) is 6.92 Å². The zero-order chi connectivity index (χ0) is 15.5. The van der Waals surface area contributed by atoms with Gasteiger partial charge in [0.05, 0.1) is 5.75 Å². The van der Waals surface area contributed by atoms with Crippen LogP contribution in [0.5, 0.6) is 0 Å². The van der Waals surface area contributed by atoms with Crippen molar-refractivity contribution in [1.82, 2.24) is 9.36 Å². The van der Waals surface area contributed by atoms with E-state index in [2.05, 4.69) is 14.7 Å². The maximum atomic E-state index is 12.2. The zero-order valence-corrected chi connectivity index (χ0v) is 13.6. The summed E-state index contributed by atoms with van der Waals surface area (Å²) in [6, 6.07) is 1.90. The monoisotopic (exact) mass is 326 g/mol. The molecule has 0 amide bonds. The molecule has 2 aromatic rings. The van der Waals surface area contributed by atoms with Gasteiger partial charge in [-0.15, -0.1) is 0 Å². The molecule has 0 fully saturated rings. The van der Waals surface area contributed by atoms with Gasteiger partial charge in [-0.05, 0) is 42.1 Å². The predicted molar refractivity (Wildman–Crippen MR) is 85.2 cm³/mol. The first-order chi connectivity index (χ1) is 9.95. The third-order valence-corrected chi connectivity index (χ3v) is 5.96. The topological polar surface area (TPSA) is 98.0 Å². The first kappa shape index (κ1) is 15.7. The third-order valence-electron chi connectivity index (χ3n) is 3.03. The molecule has 0 radical (unpaired) electrons. The summed E-state index contributed by atoms with van der Waals surface area (Å²) < 4.78 is 28.5. The molecule has 0 aliphatic carbocycles. The summed E-state index contributed by atoms with van der Waals surface area (Å²) in [5.74, 6) is 0.140. The lowest BCUT2D eigenvalue weighted by Gasteiger charge is -2.09. The zero-order valence-electron chi connectivity index (χ0n) is 12.0. The van der Waals surface area contributed by atoms with Crippen molar-refractivity contribution >= 4 is 32.2 Å². The molecule has 0 aromatic carbocycles. The first-order valence-electron chi connectivity index (χ1n) is 6.57. The summed E-state index contributed by atoms with van der Waals surface area (Å²) in [7, 11) is -3.39. The van der Waals surface area contributed by atoms with Crippen molar-refractivity contribution in [3.63, 3.8) is 0 Å². The van der Waals surface area contributed by atoms with Crippen LogP contribution in [0.4, 0.5) is 10.8 Å². The van der Waals surface area contributed by atoms with Gasteiger partial charge in [0.2, 0.25) is 0 Å². The van der Waals surface area contributed by atoms with Crippen LogP contribution in [0.2, 0.25) is 0 Å². The lowest BCUT2D eigenvalue weighted by atomic mass is 10.1. The summed E-state index contributed by atoms with van der Waals surface area (Å²) >= 11 is 1.07. The second-order valence-corrected chi connectivity index (χ2v) is 7.52. The molecule has 0 saturated heterocycles. The van der Waals surface area contributed by atoms with Gasteiger partial charge in [0.15, 0.2) is 15.7 Å². The number of sulfone groups is 1. The molecule has 2 aromatic heterocycles. The summed E-state index contributed by atoms with van der Waals surface area (Å²) in [5, 5.41) is 3.62. The highest BCUT2D eigenvalue weighted by molar-refractivity contribution is 7.91. The highest BCUT2D eigenvalue weighted by atomic mass is 32.2. The van der Waals surface area contributed by atoms with Gasteiger partial charge in [0, 0.05) is 18.9 Å². The fourth-order valence-corrected chi connectivity index (χ4v) is 4.57. The van der Waals surface area contributed by atoms with Crippen molar-refractivity contribution < 1.29 is 8.42 Å². The molecule has 114 valence electrons. The maximum absolute atomic E-state index is 12.2. The second-order valence-electron chi connectivity index (χ2n) is 4.70. The normalized spacial score (nSPS) is 11.5. The van der Waals surface area contributed by atoms with Gasteiger partial charge in [-0.2, -0.15) is 4.37 Å². The Morgan fingerprint density at radius 3 is 2.86 bits per heavy atom. The molecule has 2 rings (SSSR count). The number of hydrogen-bond donors (Lipinski definition) is 2. The molecule has 21 heavy (non-hydrogen) atoms. The van der Waals surface area contributed by atoms with Crippen LogP contribution in [0, 0.1) is 6.92 Å². The number of rotatable bonds is 6. The summed E-state index contributed by atoms with van der Waals surface area (Å²) in [5.41, 5.74) is 7.82. The molecule has 8 heteroatoms. The van der Waals surface area contributed by atoms with E-state index in [1.165, 1.54) is 0 Å². The molecule has 0 unspecified atom stereocenters. The fourth-order valence-electron chi connectivity index (χ4n) is 1.95. The van der Waals surface area contributed by atoms with Crippen LogP contribution < -0.4 is 11.1 Å². The number of aryl methyl sites for hydroxylation is 1. The average Bonchev–Trinajstić information content (AvgIpc) is 2.80. The molecule has 6 nitrogen and oxygen atoms in total.